The molecule has 4 saturated carbocycles. The Morgan fingerprint density at radius 1 is 1.17 bits per heavy atom. The van der Waals surface area contributed by atoms with Gasteiger partial charge in [0.25, 0.3) is 0 Å². The largest absolute Gasteiger partial charge is 0.469 e. The topological polar surface area (TPSA) is 83.8 Å². The van der Waals surface area contributed by atoms with Crippen molar-refractivity contribution in [3.63, 3.8) is 0 Å². The van der Waals surface area contributed by atoms with Gasteiger partial charge in [0.2, 0.25) is 0 Å². The molecular weight excluding hydrogens is 380 g/mol. The van der Waals surface area contributed by atoms with E-state index in [1.165, 1.54) is 7.11 Å². The summed E-state index contributed by atoms with van der Waals surface area (Å²) < 4.78 is 4.81. The average Bonchev–Trinajstić information content (AvgIpc) is 3.06. The summed E-state index contributed by atoms with van der Waals surface area (Å²) in [5, 5.41) is 21.5. The van der Waals surface area contributed by atoms with Crippen LogP contribution in [0.25, 0.3) is 0 Å². The molecule has 2 N–H and O–H groups in total. The number of ketones is 1. The van der Waals surface area contributed by atoms with Crippen LogP contribution in [0, 0.1) is 46.3 Å². The molecule has 0 spiro atoms. The first-order valence-corrected chi connectivity index (χ1v) is 12.1. The van der Waals surface area contributed by atoms with Gasteiger partial charge >= 0.3 is 5.97 Å². The maximum Gasteiger partial charge on any atom is 0.305 e. The number of carbonyl (C=O) groups is 2. The molecule has 0 aromatic heterocycles. The molecule has 4 rings (SSSR count). The van der Waals surface area contributed by atoms with Crippen molar-refractivity contribution in [2.75, 3.05) is 7.11 Å². The van der Waals surface area contributed by atoms with E-state index in [1.54, 1.807) is 0 Å². The van der Waals surface area contributed by atoms with Crippen molar-refractivity contribution in [3.05, 3.63) is 0 Å². The van der Waals surface area contributed by atoms with Crippen molar-refractivity contribution in [2.24, 2.45) is 46.3 Å². The first-order chi connectivity index (χ1) is 14.1. The highest BCUT2D eigenvalue weighted by atomic mass is 16.5. The first kappa shape index (κ1) is 22.3. The number of Topliss-reactive ketones (excluding diaryl/α,β-unsaturated/α-hetero) is 1. The number of carbonyl (C=O) groups excluding carboxylic acids is 2. The Bertz CT molecular complexity index is 691. The Labute approximate surface area is 180 Å². The molecule has 0 radical (unpaired) electrons. The van der Waals surface area contributed by atoms with Gasteiger partial charge in [0, 0.05) is 18.3 Å². The number of esters is 1. The molecule has 0 bridgehead atoms. The molecular formula is C25H40O5. The van der Waals surface area contributed by atoms with E-state index in [1.807, 2.05) is 0 Å². The van der Waals surface area contributed by atoms with Gasteiger partial charge in [-0.3, -0.25) is 9.59 Å². The molecule has 5 heteroatoms. The lowest BCUT2D eigenvalue weighted by atomic mass is 9.43. The van der Waals surface area contributed by atoms with Gasteiger partial charge in [-0.1, -0.05) is 20.8 Å². The number of rotatable bonds is 4. The van der Waals surface area contributed by atoms with Crippen molar-refractivity contribution >= 4 is 11.8 Å². The van der Waals surface area contributed by atoms with E-state index < -0.39 is 5.41 Å². The predicted molar refractivity (Wildman–Crippen MR) is 113 cm³/mol. The summed E-state index contributed by atoms with van der Waals surface area (Å²) in [6.07, 6.45) is 6.39. The number of fused-ring (bicyclic) bond motifs is 5. The zero-order chi connectivity index (χ0) is 21.8. The Morgan fingerprint density at radius 3 is 2.60 bits per heavy atom. The minimum absolute atomic E-state index is 0.0503. The SMILES string of the molecule is COC(=O)CC[C@@H](C)[C@H]1CC[C@H]2[C@@H]3C(O)C[C@@H]4CC(O)CC[C@]4(C)[C@H]3CC(=O)[C@]12C. The molecule has 5 nitrogen and oxygen atoms in total. The fraction of sp³-hybridized carbons (Fsp3) is 0.920. The van der Waals surface area contributed by atoms with Crippen molar-refractivity contribution in [2.45, 2.75) is 90.8 Å². The first-order valence-electron chi connectivity index (χ1n) is 12.1. The van der Waals surface area contributed by atoms with Gasteiger partial charge in [0.1, 0.15) is 5.78 Å². The monoisotopic (exact) mass is 420 g/mol. The second kappa shape index (κ2) is 7.88. The summed E-state index contributed by atoms with van der Waals surface area (Å²) in [5.41, 5.74) is -0.343. The Kier molecular flexibility index (Phi) is 5.85. The molecule has 0 saturated heterocycles. The zero-order valence-electron chi connectivity index (χ0n) is 19.1. The van der Waals surface area contributed by atoms with E-state index in [-0.39, 0.29) is 53.2 Å². The minimum Gasteiger partial charge on any atom is -0.469 e. The van der Waals surface area contributed by atoms with Crippen LogP contribution in [0.3, 0.4) is 0 Å². The molecule has 170 valence electrons. The lowest BCUT2D eigenvalue weighted by molar-refractivity contribution is -0.181. The highest BCUT2D eigenvalue weighted by Crippen LogP contribution is 2.67. The van der Waals surface area contributed by atoms with Crippen LogP contribution in [0.5, 0.6) is 0 Å². The molecule has 10 atom stereocenters. The standard InChI is InChI=1S/C25H40O5/c1-14(5-8-22(29)30-4)17-6-7-18-23-19(13-21(28)25(17,18)3)24(2)10-9-16(26)11-15(24)12-20(23)27/h14-20,23,26-27H,5-13H2,1-4H3/t14-,15+,16?,17-,18+,19+,20?,23+,24+,25-/m1/s1. The van der Waals surface area contributed by atoms with Gasteiger partial charge < -0.3 is 14.9 Å². The molecule has 0 aromatic carbocycles. The molecule has 0 heterocycles. The summed E-state index contributed by atoms with van der Waals surface area (Å²) in [4.78, 5) is 25.4. The molecule has 4 aliphatic rings. The van der Waals surface area contributed by atoms with Crippen LogP contribution in [0.4, 0.5) is 0 Å². The van der Waals surface area contributed by atoms with Gasteiger partial charge in [-0.05, 0) is 85.9 Å². The highest BCUT2D eigenvalue weighted by molar-refractivity contribution is 5.87. The number of hydrogen-bond donors (Lipinski definition) is 2. The second-order valence-electron chi connectivity index (χ2n) is 11.4. The average molecular weight is 421 g/mol. The number of aliphatic hydroxyl groups is 2. The predicted octanol–water partition coefficient (Wildman–Crippen LogP) is 3.75. The van der Waals surface area contributed by atoms with Crippen LogP contribution in [-0.4, -0.2) is 41.3 Å². The molecule has 0 amide bonds. The van der Waals surface area contributed by atoms with E-state index in [2.05, 4.69) is 20.8 Å². The maximum atomic E-state index is 13.7. The summed E-state index contributed by atoms with van der Waals surface area (Å²) >= 11 is 0. The smallest absolute Gasteiger partial charge is 0.305 e. The third kappa shape index (κ3) is 3.26. The highest BCUT2D eigenvalue weighted by Gasteiger charge is 2.65. The van der Waals surface area contributed by atoms with Crippen LogP contribution in [0.15, 0.2) is 0 Å². The number of aliphatic hydroxyl groups excluding tert-OH is 2. The van der Waals surface area contributed by atoms with E-state index in [9.17, 15) is 19.8 Å². The quantitative estimate of drug-likeness (QED) is 0.677. The number of hydrogen-bond acceptors (Lipinski definition) is 5. The molecule has 0 aliphatic heterocycles. The van der Waals surface area contributed by atoms with Crippen molar-refractivity contribution < 1.29 is 24.5 Å². The molecule has 2 unspecified atom stereocenters. The fourth-order valence-corrected chi connectivity index (χ4v) is 8.51. The van der Waals surface area contributed by atoms with E-state index in [0.29, 0.717) is 24.5 Å². The van der Waals surface area contributed by atoms with Crippen molar-refractivity contribution in [1.82, 2.24) is 0 Å². The normalized spacial score (nSPS) is 49.0. The summed E-state index contributed by atoms with van der Waals surface area (Å²) in [6.45, 7) is 6.67. The fourth-order valence-electron chi connectivity index (χ4n) is 8.51. The van der Waals surface area contributed by atoms with Crippen molar-refractivity contribution in [3.8, 4) is 0 Å². The zero-order valence-corrected chi connectivity index (χ0v) is 19.1. The van der Waals surface area contributed by atoms with Gasteiger partial charge in [0.15, 0.2) is 0 Å². The van der Waals surface area contributed by atoms with Crippen LogP contribution in [0.1, 0.15) is 78.6 Å². The van der Waals surface area contributed by atoms with Crippen molar-refractivity contribution in [1.29, 1.82) is 0 Å². The van der Waals surface area contributed by atoms with E-state index in [0.717, 1.165) is 44.9 Å². The Balaban J connectivity index is 1.59. The van der Waals surface area contributed by atoms with E-state index in [4.69, 9.17) is 4.74 Å². The van der Waals surface area contributed by atoms with Gasteiger partial charge in [-0.25, -0.2) is 0 Å². The Hall–Kier alpha value is -0.940. The number of ether oxygens (including phenoxy) is 1. The van der Waals surface area contributed by atoms with Crippen LogP contribution in [0.2, 0.25) is 0 Å². The van der Waals surface area contributed by atoms with Crippen LogP contribution < -0.4 is 0 Å². The van der Waals surface area contributed by atoms with Gasteiger partial charge in [-0.2, -0.15) is 0 Å². The minimum atomic E-state index is -0.394. The molecule has 4 aliphatic carbocycles. The Morgan fingerprint density at radius 2 is 1.90 bits per heavy atom. The lowest BCUT2D eigenvalue weighted by Gasteiger charge is -2.61. The molecule has 4 fully saturated rings. The van der Waals surface area contributed by atoms with Crippen LogP contribution >= 0.6 is 0 Å². The van der Waals surface area contributed by atoms with Gasteiger partial charge in [-0.15, -0.1) is 0 Å². The van der Waals surface area contributed by atoms with Gasteiger partial charge in [0.05, 0.1) is 19.3 Å². The second-order valence-corrected chi connectivity index (χ2v) is 11.4. The number of methoxy groups -OCH3 is 1. The summed E-state index contributed by atoms with van der Waals surface area (Å²) in [6, 6.07) is 0. The lowest BCUT2D eigenvalue weighted by Crippen LogP contribution is -2.61. The third-order valence-corrected chi connectivity index (χ3v) is 10.3. The molecule has 30 heavy (non-hydrogen) atoms. The van der Waals surface area contributed by atoms with E-state index >= 15 is 0 Å². The third-order valence-electron chi connectivity index (χ3n) is 10.3. The summed E-state index contributed by atoms with van der Waals surface area (Å²) in [7, 11) is 1.42. The van der Waals surface area contributed by atoms with Crippen LogP contribution in [-0.2, 0) is 14.3 Å². The molecule has 0 aromatic rings. The maximum absolute atomic E-state index is 13.7. The summed E-state index contributed by atoms with van der Waals surface area (Å²) in [5.74, 6) is 1.70.